The van der Waals surface area contributed by atoms with Crippen molar-refractivity contribution >= 4 is 45.2 Å². The van der Waals surface area contributed by atoms with Gasteiger partial charge in [-0.3, -0.25) is 10.8 Å². The zero-order chi connectivity index (χ0) is 23.8. The standard InChI is InChI=1S/C25H25N9/c1-29-25(28)34(2)17-8-10-21-22(12-17)33-23(32-21)19-13-30-20-9-5-15(11-18(19)20)14-3-6-16(7-4-14)31-24(26)27/h3-13,30H,1-2H3,(H2,28,29)(H,32,33)(H4,26,27,31). The van der Waals surface area contributed by atoms with Crippen molar-refractivity contribution in [2.45, 2.75) is 0 Å². The Balaban J connectivity index is 1.51. The lowest BCUT2D eigenvalue weighted by Gasteiger charge is -2.19. The molecule has 0 aliphatic heterocycles. The molecule has 0 radical (unpaired) electrons. The summed E-state index contributed by atoms with van der Waals surface area (Å²) in [5.74, 6) is 1.01. The van der Waals surface area contributed by atoms with Crippen molar-refractivity contribution in [3.63, 3.8) is 0 Å². The molecule has 170 valence electrons. The van der Waals surface area contributed by atoms with E-state index in [1.54, 1.807) is 11.9 Å². The van der Waals surface area contributed by atoms with Gasteiger partial charge in [-0.05, 0) is 53.6 Å². The van der Waals surface area contributed by atoms with Gasteiger partial charge in [0.1, 0.15) is 5.82 Å². The number of nitrogens with one attached hydrogen (secondary N) is 6. The molecule has 5 aromatic rings. The lowest BCUT2D eigenvalue weighted by molar-refractivity contribution is 1.06. The van der Waals surface area contributed by atoms with E-state index in [0.29, 0.717) is 5.96 Å². The van der Waals surface area contributed by atoms with E-state index in [1.165, 1.54) is 0 Å². The summed E-state index contributed by atoms with van der Waals surface area (Å²) >= 11 is 0. The molecule has 2 aromatic heterocycles. The molecular formula is C25H25N9. The molecule has 3 aromatic carbocycles. The van der Waals surface area contributed by atoms with Crippen molar-refractivity contribution in [2.24, 2.45) is 5.73 Å². The first-order valence-electron chi connectivity index (χ1n) is 10.8. The highest BCUT2D eigenvalue weighted by atomic mass is 15.3. The van der Waals surface area contributed by atoms with Gasteiger partial charge in [0.2, 0.25) is 0 Å². The van der Waals surface area contributed by atoms with Crippen LogP contribution in [0.3, 0.4) is 0 Å². The van der Waals surface area contributed by atoms with Gasteiger partial charge in [0.05, 0.1) is 11.0 Å². The number of hydrogen-bond donors (Lipinski definition) is 7. The van der Waals surface area contributed by atoms with Crippen LogP contribution < -0.4 is 21.3 Å². The van der Waals surface area contributed by atoms with Gasteiger partial charge in [0, 0.05) is 48.1 Å². The number of nitrogens with two attached hydrogens (primary N) is 1. The topological polar surface area (TPSA) is 145 Å². The molecule has 9 heteroatoms. The lowest BCUT2D eigenvalue weighted by Crippen LogP contribution is -2.35. The van der Waals surface area contributed by atoms with Crippen LogP contribution in [0.15, 0.2) is 66.9 Å². The number of aromatic amines is 2. The van der Waals surface area contributed by atoms with Crippen molar-refractivity contribution in [2.75, 3.05) is 24.3 Å². The Bertz CT molecular complexity index is 1530. The van der Waals surface area contributed by atoms with Gasteiger partial charge in [-0.15, -0.1) is 0 Å². The second kappa shape index (κ2) is 8.28. The Morgan fingerprint density at radius 1 is 0.971 bits per heavy atom. The van der Waals surface area contributed by atoms with E-state index in [9.17, 15) is 0 Å². The van der Waals surface area contributed by atoms with Gasteiger partial charge in [0.15, 0.2) is 11.9 Å². The average Bonchev–Trinajstić information content (AvgIpc) is 3.46. The molecule has 0 aliphatic rings. The fourth-order valence-corrected chi connectivity index (χ4v) is 4.03. The van der Waals surface area contributed by atoms with Gasteiger partial charge in [-0.2, -0.15) is 0 Å². The van der Waals surface area contributed by atoms with Crippen LogP contribution >= 0.6 is 0 Å². The lowest BCUT2D eigenvalue weighted by atomic mass is 10.0. The van der Waals surface area contributed by atoms with Crippen LogP contribution in [0.5, 0.6) is 0 Å². The fourth-order valence-electron chi connectivity index (χ4n) is 4.03. The van der Waals surface area contributed by atoms with E-state index in [-0.39, 0.29) is 5.96 Å². The number of hydrogen-bond acceptors (Lipinski definition) is 3. The van der Waals surface area contributed by atoms with Crippen LogP contribution in [-0.4, -0.2) is 41.0 Å². The molecule has 0 saturated carbocycles. The van der Waals surface area contributed by atoms with Gasteiger partial charge >= 0.3 is 0 Å². The zero-order valence-corrected chi connectivity index (χ0v) is 18.8. The Morgan fingerprint density at radius 3 is 2.47 bits per heavy atom. The first-order chi connectivity index (χ1) is 16.4. The normalized spacial score (nSPS) is 11.0. The molecule has 5 rings (SSSR count). The third kappa shape index (κ3) is 3.79. The molecule has 0 spiro atoms. The van der Waals surface area contributed by atoms with Gasteiger partial charge in [-0.1, -0.05) is 18.2 Å². The quantitative estimate of drug-likeness (QED) is 0.161. The summed E-state index contributed by atoms with van der Waals surface area (Å²) in [6.45, 7) is 0. The predicted molar refractivity (Wildman–Crippen MR) is 140 cm³/mol. The molecule has 8 N–H and O–H groups in total. The third-order valence-electron chi connectivity index (χ3n) is 5.86. The molecule has 0 bridgehead atoms. The summed E-state index contributed by atoms with van der Waals surface area (Å²) in [7, 11) is 3.58. The zero-order valence-electron chi connectivity index (χ0n) is 18.8. The van der Waals surface area contributed by atoms with Crippen LogP contribution in [0.1, 0.15) is 0 Å². The number of rotatable bonds is 4. The summed E-state index contributed by atoms with van der Waals surface area (Å²) in [5.41, 5.74) is 13.0. The highest BCUT2D eigenvalue weighted by Crippen LogP contribution is 2.33. The van der Waals surface area contributed by atoms with Crippen molar-refractivity contribution in [3.05, 3.63) is 66.9 Å². The highest BCUT2D eigenvalue weighted by molar-refractivity contribution is 5.99. The van der Waals surface area contributed by atoms with Crippen LogP contribution in [0.25, 0.3) is 44.5 Å². The largest absolute Gasteiger partial charge is 0.370 e. The SMILES string of the molecule is CNC(=N)N(C)c1ccc2nc(-c3c[nH]c4ccc(-c5ccc(NC(=N)N)cc5)cc34)[nH]c2c1. The molecule has 0 fully saturated rings. The number of imidazole rings is 1. The molecule has 0 saturated heterocycles. The first-order valence-corrected chi connectivity index (χ1v) is 10.8. The van der Waals surface area contributed by atoms with Gasteiger partial charge < -0.3 is 31.2 Å². The van der Waals surface area contributed by atoms with Crippen LogP contribution in [0.4, 0.5) is 11.4 Å². The maximum Gasteiger partial charge on any atom is 0.195 e. The van der Waals surface area contributed by atoms with Crippen molar-refractivity contribution in [3.8, 4) is 22.5 Å². The van der Waals surface area contributed by atoms with Gasteiger partial charge in [-0.25, -0.2) is 4.98 Å². The Labute approximate surface area is 196 Å². The van der Waals surface area contributed by atoms with Crippen molar-refractivity contribution in [1.29, 1.82) is 10.8 Å². The minimum Gasteiger partial charge on any atom is -0.370 e. The summed E-state index contributed by atoms with van der Waals surface area (Å²) in [6, 6.07) is 20.0. The number of aromatic nitrogens is 3. The smallest absolute Gasteiger partial charge is 0.195 e. The van der Waals surface area contributed by atoms with E-state index in [4.69, 9.17) is 21.5 Å². The minimum absolute atomic E-state index is 0.0870. The highest BCUT2D eigenvalue weighted by Gasteiger charge is 2.13. The third-order valence-corrected chi connectivity index (χ3v) is 5.86. The maximum absolute atomic E-state index is 8.00. The molecular weight excluding hydrogens is 426 g/mol. The number of anilines is 2. The number of fused-ring (bicyclic) bond motifs is 2. The number of guanidine groups is 2. The van der Waals surface area contributed by atoms with E-state index < -0.39 is 0 Å². The molecule has 0 aliphatic carbocycles. The summed E-state index contributed by atoms with van der Waals surface area (Å²) in [6.07, 6.45) is 1.97. The average molecular weight is 452 g/mol. The second-order valence-electron chi connectivity index (χ2n) is 8.02. The fraction of sp³-hybridized carbons (Fsp3) is 0.0800. The second-order valence-corrected chi connectivity index (χ2v) is 8.02. The summed E-state index contributed by atoms with van der Waals surface area (Å²) in [5, 5.41) is 22.1. The predicted octanol–water partition coefficient (Wildman–Crippen LogP) is 4.27. The minimum atomic E-state index is -0.0870. The molecule has 34 heavy (non-hydrogen) atoms. The van der Waals surface area contributed by atoms with E-state index in [2.05, 4.69) is 38.8 Å². The number of nitrogens with zero attached hydrogens (tertiary/aromatic N) is 2. The van der Waals surface area contributed by atoms with E-state index in [1.807, 2.05) is 55.7 Å². The van der Waals surface area contributed by atoms with Crippen molar-refractivity contribution in [1.82, 2.24) is 20.3 Å². The van der Waals surface area contributed by atoms with Crippen LogP contribution in [0, 0.1) is 10.8 Å². The van der Waals surface area contributed by atoms with Crippen molar-refractivity contribution < 1.29 is 0 Å². The molecule has 0 atom stereocenters. The van der Waals surface area contributed by atoms with Crippen LogP contribution in [-0.2, 0) is 0 Å². The number of benzene rings is 3. The van der Waals surface area contributed by atoms with E-state index in [0.717, 1.165) is 55.8 Å². The first kappa shape index (κ1) is 21.1. The summed E-state index contributed by atoms with van der Waals surface area (Å²) < 4.78 is 0. The van der Waals surface area contributed by atoms with Crippen LogP contribution in [0.2, 0.25) is 0 Å². The summed E-state index contributed by atoms with van der Waals surface area (Å²) in [4.78, 5) is 13.4. The Morgan fingerprint density at radius 2 is 1.74 bits per heavy atom. The Hall–Kier alpha value is -4.79. The van der Waals surface area contributed by atoms with Gasteiger partial charge in [0.25, 0.3) is 0 Å². The molecule has 9 nitrogen and oxygen atoms in total. The molecule has 0 unspecified atom stereocenters. The maximum atomic E-state index is 8.00. The Kier molecular flexibility index (Phi) is 5.14. The molecule has 2 heterocycles. The number of H-pyrrole nitrogens is 2. The van der Waals surface area contributed by atoms with E-state index >= 15 is 0 Å². The molecule has 0 amide bonds. The monoisotopic (exact) mass is 451 g/mol.